The number of nitrogens with one attached hydrogen (secondary N) is 1. The van der Waals surface area contributed by atoms with Crippen molar-refractivity contribution in [2.24, 2.45) is 0 Å². The molecule has 11 nitrogen and oxygen atoms in total. The number of carbonyl (C=O) groups excluding carboxylic acids is 4. The Hall–Kier alpha value is -3.57. The maximum absolute atomic E-state index is 12.1. The van der Waals surface area contributed by atoms with Gasteiger partial charge >= 0.3 is 23.9 Å². The zero-order chi connectivity index (χ0) is 28.3. The van der Waals surface area contributed by atoms with Crippen LogP contribution in [0.4, 0.5) is 5.69 Å². The molecule has 2 aliphatic heterocycles. The van der Waals surface area contributed by atoms with Crippen LogP contribution in [0, 0.1) is 0 Å². The third kappa shape index (κ3) is 6.36. The Morgan fingerprint density at radius 2 is 1.51 bits per heavy atom. The van der Waals surface area contributed by atoms with E-state index in [4.69, 9.17) is 40.0 Å². The number of benzene rings is 2. The van der Waals surface area contributed by atoms with Crippen LogP contribution < -0.4 is 10.1 Å². The van der Waals surface area contributed by atoms with Crippen LogP contribution >= 0.6 is 11.6 Å². The van der Waals surface area contributed by atoms with Crippen molar-refractivity contribution in [3.8, 4) is 5.75 Å². The molecule has 6 atom stereocenters. The molecule has 0 saturated carbocycles. The van der Waals surface area contributed by atoms with Crippen LogP contribution in [-0.2, 0) is 42.9 Å². The maximum Gasteiger partial charge on any atom is 0.303 e. The van der Waals surface area contributed by atoms with Crippen LogP contribution in [0.3, 0.4) is 0 Å². The highest BCUT2D eigenvalue weighted by Gasteiger charge is 2.53. The van der Waals surface area contributed by atoms with Crippen LogP contribution in [0.1, 0.15) is 39.2 Å². The molecule has 12 heteroatoms. The normalized spacial score (nSPS) is 25.7. The van der Waals surface area contributed by atoms with Gasteiger partial charge in [-0.15, -0.1) is 11.6 Å². The van der Waals surface area contributed by atoms with E-state index in [0.29, 0.717) is 18.2 Å². The maximum atomic E-state index is 12.1. The number of rotatable bonds is 8. The van der Waals surface area contributed by atoms with Gasteiger partial charge in [-0.1, -0.05) is 24.3 Å². The van der Waals surface area contributed by atoms with Crippen molar-refractivity contribution >= 4 is 51.9 Å². The lowest BCUT2D eigenvalue weighted by Gasteiger charge is -2.44. The molecular formula is C27H30ClNO10. The highest BCUT2D eigenvalue weighted by molar-refractivity contribution is 6.18. The molecule has 0 unspecified atom stereocenters. The lowest BCUT2D eigenvalue weighted by molar-refractivity contribution is -0.288. The number of fused-ring (bicyclic) bond motifs is 3. The second kappa shape index (κ2) is 12.1. The summed E-state index contributed by atoms with van der Waals surface area (Å²) in [5.74, 6) is -1.81. The van der Waals surface area contributed by atoms with Gasteiger partial charge in [0.05, 0.1) is 0 Å². The van der Waals surface area contributed by atoms with Gasteiger partial charge in [0.15, 0.2) is 12.2 Å². The number of esters is 4. The molecule has 2 aromatic carbocycles. The van der Waals surface area contributed by atoms with E-state index in [0.717, 1.165) is 35.9 Å². The predicted octanol–water partition coefficient (Wildman–Crippen LogP) is 3.05. The van der Waals surface area contributed by atoms with Gasteiger partial charge in [0.2, 0.25) is 12.4 Å². The molecule has 39 heavy (non-hydrogen) atoms. The fourth-order valence-electron chi connectivity index (χ4n) is 4.92. The van der Waals surface area contributed by atoms with Gasteiger partial charge < -0.3 is 33.7 Å². The van der Waals surface area contributed by atoms with Gasteiger partial charge in [0, 0.05) is 63.2 Å². The highest BCUT2D eigenvalue weighted by Crippen LogP contribution is 2.43. The predicted molar refractivity (Wildman–Crippen MR) is 138 cm³/mol. The summed E-state index contributed by atoms with van der Waals surface area (Å²) in [6, 6.07) is 9.40. The molecule has 2 aromatic rings. The number of anilines is 1. The molecule has 0 bridgehead atoms. The lowest BCUT2D eigenvalue weighted by Crippen LogP contribution is -2.63. The summed E-state index contributed by atoms with van der Waals surface area (Å²) in [4.78, 5) is 47.7. The van der Waals surface area contributed by atoms with Gasteiger partial charge in [-0.05, 0) is 10.9 Å². The van der Waals surface area contributed by atoms with E-state index in [1.807, 2.05) is 24.3 Å². The lowest BCUT2D eigenvalue weighted by atomic mass is 9.95. The first kappa shape index (κ1) is 28.4. The minimum atomic E-state index is -1.34. The third-order valence-corrected chi connectivity index (χ3v) is 6.75. The van der Waals surface area contributed by atoms with Gasteiger partial charge in [-0.3, -0.25) is 19.2 Å². The average molecular weight is 564 g/mol. The number of ether oxygens (including phenoxy) is 6. The first-order chi connectivity index (χ1) is 18.6. The van der Waals surface area contributed by atoms with E-state index in [9.17, 15) is 19.2 Å². The molecule has 210 valence electrons. The molecule has 1 N–H and O–H groups in total. The van der Waals surface area contributed by atoms with E-state index < -0.39 is 54.6 Å². The van der Waals surface area contributed by atoms with Crippen molar-refractivity contribution in [1.82, 2.24) is 0 Å². The molecule has 0 aliphatic carbocycles. The Balaban J connectivity index is 1.78. The van der Waals surface area contributed by atoms with E-state index in [-0.39, 0.29) is 12.5 Å². The zero-order valence-corrected chi connectivity index (χ0v) is 22.7. The Labute approximate surface area is 229 Å². The van der Waals surface area contributed by atoms with E-state index in [2.05, 4.69) is 5.32 Å². The zero-order valence-electron chi connectivity index (χ0n) is 21.9. The number of alkyl halides is 1. The Bertz CT molecular complexity index is 1270. The second-order valence-electron chi connectivity index (χ2n) is 9.30. The van der Waals surface area contributed by atoms with Crippen LogP contribution in [-0.4, -0.2) is 73.6 Å². The monoisotopic (exact) mass is 563 g/mol. The number of hydrogen-bond acceptors (Lipinski definition) is 11. The Morgan fingerprint density at radius 1 is 0.897 bits per heavy atom. The summed E-state index contributed by atoms with van der Waals surface area (Å²) in [5.41, 5.74) is 1.90. The first-order valence-corrected chi connectivity index (χ1v) is 12.9. The van der Waals surface area contributed by atoms with Crippen LogP contribution in [0.15, 0.2) is 30.3 Å². The fraction of sp³-hybridized carbons (Fsp3) is 0.481. The molecule has 4 rings (SSSR count). The Morgan fingerprint density at radius 3 is 2.13 bits per heavy atom. The van der Waals surface area contributed by atoms with E-state index >= 15 is 0 Å². The molecule has 1 saturated heterocycles. The molecule has 2 heterocycles. The van der Waals surface area contributed by atoms with E-state index in [1.54, 1.807) is 6.07 Å². The molecular weight excluding hydrogens is 534 g/mol. The van der Waals surface area contributed by atoms with Crippen LogP contribution in [0.25, 0.3) is 10.8 Å². The molecule has 0 spiro atoms. The smallest absolute Gasteiger partial charge is 0.303 e. The number of halogens is 1. The third-order valence-electron chi connectivity index (χ3n) is 6.37. The first-order valence-electron chi connectivity index (χ1n) is 12.4. The van der Waals surface area contributed by atoms with Crippen molar-refractivity contribution in [3.05, 3.63) is 35.9 Å². The van der Waals surface area contributed by atoms with Gasteiger partial charge in [-0.25, -0.2) is 0 Å². The van der Waals surface area contributed by atoms with Gasteiger partial charge in [-0.2, -0.15) is 0 Å². The number of hydrogen-bond donors (Lipinski definition) is 1. The van der Waals surface area contributed by atoms with Crippen molar-refractivity contribution in [1.29, 1.82) is 0 Å². The summed E-state index contributed by atoms with van der Waals surface area (Å²) in [6.07, 6.45) is -6.37. The number of carbonyl (C=O) groups is 4. The van der Waals surface area contributed by atoms with Crippen LogP contribution in [0.5, 0.6) is 5.75 Å². The SMILES string of the molecule is CC(=O)OC[C@H]1O[C@@H](Oc2cc3c(c4ccccc24)[C@H](CCl)CN3)[C@H](OC(C)=O)[C@H](OC(C)=O)[C@H]1OC(C)=O. The Kier molecular flexibility index (Phi) is 8.81. The van der Waals surface area contributed by atoms with Gasteiger partial charge in [0.1, 0.15) is 18.5 Å². The summed E-state index contributed by atoms with van der Waals surface area (Å²) >= 11 is 6.22. The average Bonchev–Trinajstić information content (AvgIpc) is 3.29. The molecule has 0 amide bonds. The molecule has 1 fully saturated rings. The topological polar surface area (TPSA) is 136 Å². The van der Waals surface area contributed by atoms with Crippen molar-refractivity contribution in [2.45, 2.75) is 64.3 Å². The fourth-order valence-corrected chi connectivity index (χ4v) is 5.19. The largest absolute Gasteiger partial charge is 0.463 e. The van der Waals surface area contributed by atoms with Crippen LogP contribution in [0.2, 0.25) is 0 Å². The second-order valence-corrected chi connectivity index (χ2v) is 9.61. The highest BCUT2D eigenvalue weighted by atomic mass is 35.5. The van der Waals surface area contributed by atoms with Gasteiger partial charge in [0.25, 0.3) is 0 Å². The van der Waals surface area contributed by atoms with Crippen molar-refractivity contribution in [3.63, 3.8) is 0 Å². The van der Waals surface area contributed by atoms with E-state index in [1.165, 1.54) is 13.8 Å². The molecule has 0 aromatic heterocycles. The minimum absolute atomic E-state index is 0.103. The summed E-state index contributed by atoms with van der Waals surface area (Å²) < 4.78 is 34.0. The minimum Gasteiger partial charge on any atom is -0.463 e. The van der Waals surface area contributed by atoms with Crippen molar-refractivity contribution < 1.29 is 47.6 Å². The molecule has 2 aliphatic rings. The summed E-state index contributed by atoms with van der Waals surface area (Å²) in [6.45, 7) is 5.02. The standard InChI is InChI=1S/C27H30ClNO10/c1-13(30)34-12-22-24(35-14(2)31)25(36-15(3)32)26(37-16(4)33)27(39-22)38-21-9-20-23(17(10-28)11-29-20)19-8-6-5-7-18(19)21/h5-9,17,22,24-27,29H,10-12H2,1-4H3/t17-,22-,24+,25-,26-,27-/m1/s1. The quantitative estimate of drug-likeness (QED) is 0.288. The summed E-state index contributed by atoms with van der Waals surface area (Å²) in [5, 5.41) is 5.02. The van der Waals surface area contributed by atoms with Crippen molar-refractivity contribution in [2.75, 3.05) is 24.3 Å². The molecule has 0 radical (unpaired) electrons. The summed E-state index contributed by atoms with van der Waals surface area (Å²) in [7, 11) is 0.